The minimum absolute atomic E-state index is 0.0927. The van der Waals surface area contributed by atoms with E-state index in [4.69, 9.17) is 0 Å². The average molecular weight is 236 g/mol. The third kappa shape index (κ3) is 3.30. The predicted octanol–water partition coefficient (Wildman–Crippen LogP) is 0.660. The zero-order valence-electron chi connectivity index (χ0n) is 10.4. The minimum Gasteiger partial charge on any atom is -0.352 e. The third-order valence-corrected chi connectivity index (χ3v) is 3.05. The predicted molar refractivity (Wildman–Crippen MR) is 65.4 cm³/mol. The summed E-state index contributed by atoms with van der Waals surface area (Å²) in [5, 5.41) is 6.21. The number of imidazole rings is 1. The second-order valence-corrected chi connectivity index (χ2v) is 4.56. The molecule has 0 spiro atoms. The SMILES string of the molecule is CCn1cncc1CNC(C)C(=O)NC1CC1. The molecule has 0 saturated heterocycles. The molecule has 5 nitrogen and oxygen atoms in total. The molecular weight excluding hydrogens is 216 g/mol. The van der Waals surface area contributed by atoms with Crippen molar-refractivity contribution >= 4 is 5.91 Å². The number of hydrogen-bond acceptors (Lipinski definition) is 3. The van der Waals surface area contributed by atoms with Gasteiger partial charge in [-0.3, -0.25) is 4.79 Å². The number of rotatable bonds is 6. The molecule has 0 aliphatic heterocycles. The zero-order valence-corrected chi connectivity index (χ0v) is 10.4. The first-order valence-electron chi connectivity index (χ1n) is 6.23. The van der Waals surface area contributed by atoms with Gasteiger partial charge in [0.1, 0.15) is 0 Å². The van der Waals surface area contributed by atoms with Crippen molar-refractivity contribution in [3.8, 4) is 0 Å². The van der Waals surface area contributed by atoms with Crippen LogP contribution in [-0.4, -0.2) is 27.5 Å². The molecule has 1 heterocycles. The van der Waals surface area contributed by atoms with E-state index in [0.29, 0.717) is 12.6 Å². The molecule has 17 heavy (non-hydrogen) atoms. The van der Waals surface area contributed by atoms with Crippen LogP contribution >= 0.6 is 0 Å². The summed E-state index contributed by atoms with van der Waals surface area (Å²) in [6.07, 6.45) is 5.90. The Kier molecular flexibility index (Phi) is 3.78. The molecule has 0 radical (unpaired) electrons. The molecule has 1 atom stereocenters. The Morgan fingerprint density at radius 1 is 1.65 bits per heavy atom. The lowest BCUT2D eigenvalue weighted by Gasteiger charge is -2.14. The number of hydrogen-bond donors (Lipinski definition) is 2. The number of aromatic nitrogens is 2. The van der Waals surface area contributed by atoms with Gasteiger partial charge < -0.3 is 15.2 Å². The van der Waals surface area contributed by atoms with Crippen molar-refractivity contribution in [3.63, 3.8) is 0 Å². The van der Waals surface area contributed by atoms with Crippen LogP contribution in [0.2, 0.25) is 0 Å². The van der Waals surface area contributed by atoms with Crippen molar-refractivity contribution in [3.05, 3.63) is 18.2 Å². The van der Waals surface area contributed by atoms with E-state index >= 15 is 0 Å². The number of carbonyl (C=O) groups excluding carboxylic acids is 1. The van der Waals surface area contributed by atoms with E-state index in [0.717, 1.165) is 25.1 Å². The van der Waals surface area contributed by atoms with E-state index in [2.05, 4.69) is 27.1 Å². The fourth-order valence-corrected chi connectivity index (χ4v) is 1.68. The number of nitrogens with one attached hydrogen (secondary N) is 2. The van der Waals surface area contributed by atoms with E-state index in [1.165, 1.54) is 0 Å². The van der Waals surface area contributed by atoms with Crippen LogP contribution in [0.4, 0.5) is 0 Å². The van der Waals surface area contributed by atoms with Gasteiger partial charge in [0.2, 0.25) is 5.91 Å². The summed E-state index contributed by atoms with van der Waals surface area (Å²) in [5.74, 6) is 0.0927. The van der Waals surface area contributed by atoms with Crippen molar-refractivity contribution in [1.29, 1.82) is 0 Å². The van der Waals surface area contributed by atoms with Gasteiger partial charge in [0, 0.05) is 25.3 Å². The number of nitrogens with zero attached hydrogens (tertiary/aromatic N) is 2. The van der Waals surface area contributed by atoms with Crippen LogP contribution in [0.1, 0.15) is 32.4 Å². The minimum atomic E-state index is -0.157. The van der Waals surface area contributed by atoms with Crippen molar-refractivity contribution < 1.29 is 4.79 Å². The van der Waals surface area contributed by atoms with Gasteiger partial charge in [-0.15, -0.1) is 0 Å². The van der Waals surface area contributed by atoms with Crippen LogP contribution in [-0.2, 0) is 17.9 Å². The normalized spacial score (nSPS) is 16.8. The maximum atomic E-state index is 11.7. The van der Waals surface area contributed by atoms with Crippen molar-refractivity contribution in [2.75, 3.05) is 0 Å². The Morgan fingerprint density at radius 3 is 3.06 bits per heavy atom. The van der Waals surface area contributed by atoms with Crippen molar-refractivity contribution in [1.82, 2.24) is 20.2 Å². The summed E-state index contributed by atoms with van der Waals surface area (Å²) in [4.78, 5) is 15.8. The van der Waals surface area contributed by atoms with Gasteiger partial charge in [0.25, 0.3) is 0 Å². The summed E-state index contributed by atoms with van der Waals surface area (Å²) in [6, 6.07) is 0.267. The fraction of sp³-hybridized carbons (Fsp3) is 0.667. The maximum absolute atomic E-state index is 11.7. The van der Waals surface area contributed by atoms with Gasteiger partial charge >= 0.3 is 0 Å². The van der Waals surface area contributed by atoms with Crippen LogP contribution in [0.25, 0.3) is 0 Å². The molecule has 1 aromatic rings. The topological polar surface area (TPSA) is 59.0 Å². The average Bonchev–Trinajstić information content (AvgIpc) is 3.02. The molecule has 1 aliphatic carbocycles. The Balaban J connectivity index is 1.78. The molecule has 1 amide bonds. The van der Waals surface area contributed by atoms with Crippen LogP contribution in [0.15, 0.2) is 12.5 Å². The second kappa shape index (κ2) is 5.31. The molecule has 5 heteroatoms. The number of carbonyl (C=O) groups is 1. The summed E-state index contributed by atoms with van der Waals surface area (Å²) in [6.45, 7) is 5.55. The number of aryl methyl sites for hydroxylation is 1. The third-order valence-electron chi connectivity index (χ3n) is 3.05. The van der Waals surface area contributed by atoms with E-state index < -0.39 is 0 Å². The quantitative estimate of drug-likeness (QED) is 0.763. The fourth-order valence-electron chi connectivity index (χ4n) is 1.68. The first kappa shape index (κ1) is 12.1. The molecule has 94 valence electrons. The Morgan fingerprint density at radius 2 is 2.41 bits per heavy atom. The lowest BCUT2D eigenvalue weighted by molar-refractivity contribution is -0.122. The molecular formula is C12H20N4O. The van der Waals surface area contributed by atoms with E-state index in [1.54, 1.807) is 0 Å². The zero-order chi connectivity index (χ0) is 12.3. The lowest BCUT2D eigenvalue weighted by atomic mass is 10.3. The largest absolute Gasteiger partial charge is 0.352 e. The smallest absolute Gasteiger partial charge is 0.237 e. The second-order valence-electron chi connectivity index (χ2n) is 4.56. The molecule has 1 aliphatic rings. The van der Waals surface area contributed by atoms with Gasteiger partial charge in [-0.25, -0.2) is 4.98 Å². The molecule has 1 unspecified atom stereocenters. The van der Waals surface area contributed by atoms with Gasteiger partial charge in [0.15, 0.2) is 0 Å². The van der Waals surface area contributed by atoms with Gasteiger partial charge in [-0.05, 0) is 26.7 Å². The van der Waals surface area contributed by atoms with E-state index in [9.17, 15) is 4.79 Å². The van der Waals surface area contributed by atoms with Crippen molar-refractivity contribution in [2.24, 2.45) is 0 Å². The van der Waals surface area contributed by atoms with Crippen LogP contribution in [0.5, 0.6) is 0 Å². The molecule has 0 bridgehead atoms. The van der Waals surface area contributed by atoms with Crippen LogP contribution in [0.3, 0.4) is 0 Å². The van der Waals surface area contributed by atoms with E-state index in [1.807, 2.05) is 19.4 Å². The van der Waals surface area contributed by atoms with Gasteiger partial charge in [-0.2, -0.15) is 0 Å². The monoisotopic (exact) mass is 236 g/mol. The van der Waals surface area contributed by atoms with Gasteiger partial charge in [-0.1, -0.05) is 0 Å². The molecule has 2 N–H and O–H groups in total. The first-order valence-corrected chi connectivity index (χ1v) is 6.23. The van der Waals surface area contributed by atoms with Gasteiger partial charge in [0.05, 0.1) is 18.1 Å². The molecule has 0 aromatic carbocycles. The molecule has 2 rings (SSSR count). The Labute approximate surface area is 102 Å². The maximum Gasteiger partial charge on any atom is 0.237 e. The molecule has 1 saturated carbocycles. The first-order chi connectivity index (χ1) is 8.20. The standard InChI is InChI=1S/C12H20N4O/c1-3-16-8-13-6-11(16)7-14-9(2)12(17)15-10-4-5-10/h6,8-10,14H,3-5,7H2,1-2H3,(H,15,17). The molecule has 1 fully saturated rings. The highest BCUT2D eigenvalue weighted by Gasteiger charge is 2.25. The van der Waals surface area contributed by atoms with Crippen LogP contribution < -0.4 is 10.6 Å². The summed E-state index contributed by atoms with van der Waals surface area (Å²) < 4.78 is 2.07. The highest BCUT2D eigenvalue weighted by molar-refractivity contribution is 5.81. The molecule has 1 aromatic heterocycles. The summed E-state index contributed by atoms with van der Waals surface area (Å²) in [5.41, 5.74) is 1.11. The Hall–Kier alpha value is -1.36. The highest BCUT2D eigenvalue weighted by Crippen LogP contribution is 2.18. The summed E-state index contributed by atoms with van der Waals surface area (Å²) >= 11 is 0. The number of amides is 1. The summed E-state index contributed by atoms with van der Waals surface area (Å²) in [7, 11) is 0. The highest BCUT2D eigenvalue weighted by atomic mass is 16.2. The lowest BCUT2D eigenvalue weighted by Crippen LogP contribution is -2.42. The van der Waals surface area contributed by atoms with Crippen LogP contribution in [0, 0.1) is 0 Å². The van der Waals surface area contributed by atoms with E-state index in [-0.39, 0.29) is 11.9 Å². The van der Waals surface area contributed by atoms with Crippen molar-refractivity contribution in [2.45, 2.75) is 51.9 Å². The Bertz CT molecular complexity index is 384.